The zero-order valence-corrected chi connectivity index (χ0v) is 23.2. The van der Waals surface area contributed by atoms with Crippen LogP contribution in [0, 0.1) is 29.1 Å². The van der Waals surface area contributed by atoms with Crippen molar-refractivity contribution in [3.8, 4) is 0 Å². The van der Waals surface area contributed by atoms with Crippen molar-refractivity contribution in [1.29, 1.82) is 0 Å². The molecular formula is C25H39KO5. The zero-order valence-electron chi connectivity index (χ0n) is 21.1. The van der Waals surface area contributed by atoms with E-state index in [0.29, 0.717) is 24.2 Å². The average Bonchev–Trinajstić information content (AvgIpc) is 2.66. The van der Waals surface area contributed by atoms with E-state index in [4.69, 9.17) is 9.47 Å². The summed E-state index contributed by atoms with van der Waals surface area (Å²) < 4.78 is 11.6. The number of hydrogen-bond donors (Lipinski definition) is 1. The number of aliphatic hydroxyl groups excluding tert-OH is 1. The summed E-state index contributed by atoms with van der Waals surface area (Å²) in [5, 5.41) is 9.92. The standard InChI is InChI=1S/C25H38O5.K.H/c1-6-25(4,5)24(28)30-21-12-15(2)11-17-8-7-16(3)20(23(17)21)10-9-19-13-18(26)14-22(27)29-19;;/h7-8,11,15-16,18-21,23,26H,6,9-10,12-14H2,1-5H3;;/q;+1;-1/t15-,16-,18+,19+,20-,21-,23-;;/m0../s1. The van der Waals surface area contributed by atoms with Crippen LogP contribution >= 0.6 is 0 Å². The van der Waals surface area contributed by atoms with E-state index in [0.717, 1.165) is 25.7 Å². The van der Waals surface area contributed by atoms with Gasteiger partial charge >= 0.3 is 63.3 Å². The Morgan fingerprint density at radius 1 is 1.29 bits per heavy atom. The maximum atomic E-state index is 12.9. The molecule has 0 aromatic rings. The molecular weight excluding hydrogens is 419 g/mol. The first kappa shape index (κ1) is 27.3. The summed E-state index contributed by atoms with van der Waals surface area (Å²) in [5.74, 6) is 0.776. The first-order chi connectivity index (χ1) is 14.1. The molecule has 0 unspecified atom stereocenters. The van der Waals surface area contributed by atoms with Crippen molar-refractivity contribution in [1.82, 2.24) is 0 Å². The van der Waals surface area contributed by atoms with Crippen LogP contribution in [0.25, 0.3) is 0 Å². The van der Waals surface area contributed by atoms with E-state index < -0.39 is 11.5 Å². The number of allylic oxidation sites excluding steroid dienone is 3. The van der Waals surface area contributed by atoms with Crippen LogP contribution in [0.15, 0.2) is 23.8 Å². The molecule has 0 amide bonds. The monoisotopic (exact) mass is 458 g/mol. The van der Waals surface area contributed by atoms with Crippen LogP contribution in [0.5, 0.6) is 0 Å². The number of carbonyl (C=O) groups excluding carboxylic acids is 2. The first-order valence-electron chi connectivity index (χ1n) is 11.6. The topological polar surface area (TPSA) is 72.8 Å². The second-order valence-corrected chi connectivity index (χ2v) is 10.3. The van der Waals surface area contributed by atoms with Gasteiger partial charge in [0.25, 0.3) is 0 Å². The number of aliphatic hydroxyl groups is 1. The van der Waals surface area contributed by atoms with E-state index >= 15 is 0 Å². The largest absolute Gasteiger partial charge is 1.00 e. The molecule has 6 heteroatoms. The number of fused-ring (bicyclic) bond motifs is 1. The minimum absolute atomic E-state index is 0. The van der Waals surface area contributed by atoms with Gasteiger partial charge in [-0.1, -0.05) is 39.0 Å². The molecule has 2 aliphatic carbocycles. The van der Waals surface area contributed by atoms with Gasteiger partial charge in [-0.3, -0.25) is 9.59 Å². The summed E-state index contributed by atoms with van der Waals surface area (Å²) in [6.45, 7) is 10.3. The van der Waals surface area contributed by atoms with Crippen molar-refractivity contribution in [3.63, 3.8) is 0 Å². The second-order valence-electron chi connectivity index (χ2n) is 10.3. The van der Waals surface area contributed by atoms with Crippen LogP contribution in [-0.2, 0) is 19.1 Å². The summed E-state index contributed by atoms with van der Waals surface area (Å²) in [5.41, 5.74) is 0.785. The number of cyclic esters (lactones) is 1. The van der Waals surface area contributed by atoms with Gasteiger partial charge in [0.1, 0.15) is 12.2 Å². The molecule has 0 bridgehead atoms. The molecule has 170 valence electrons. The molecule has 3 rings (SSSR count). The molecule has 0 radical (unpaired) electrons. The zero-order chi connectivity index (χ0) is 22.1. The minimum Gasteiger partial charge on any atom is -1.00 e. The molecule has 0 saturated carbocycles. The van der Waals surface area contributed by atoms with Gasteiger partial charge in [-0.25, -0.2) is 0 Å². The van der Waals surface area contributed by atoms with Crippen LogP contribution in [0.1, 0.15) is 74.6 Å². The molecule has 7 atom stereocenters. The predicted octanol–water partition coefficient (Wildman–Crippen LogP) is 1.70. The van der Waals surface area contributed by atoms with Crippen molar-refractivity contribution in [2.45, 2.75) is 91.5 Å². The van der Waals surface area contributed by atoms with Crippen molar-refractivity contribution < 1.29 is 77.0 Å². The Morgan fingerprint density at radius 3 is 2.65 bits per heavy atom. The maximum absolute atomic E-state index is 12.9. The second kappa shape index (κ2) is 11.4. The number of rotatable bonds is 6. The third kappa shape index (κ3) is 6.76. The van der Waals surface area contributed by atoms with Crippen LogP contribution in [0.2, 0.25) is 0 Å². The Hall–Kier alpha value is 0.0164. The quantitative estimate of drug-likeness (QED) is 0.485. The molecule has 1 aliphatic heterocycles. The SMILES string of the molecule is CCC(C)(C)C(=O)O[C@H]1C[C@@H](C)C=C2C=C[C@H](C)[C@H](CC[C@@H]3C[C@@H](O)CC(=O)O3)[C@H]21.[H-].[K+]. The van der Waals surface area contributed by atoms with Gasteiger partial charge in [-0.2, -0.15) is 0 Å². The van der Waals surface area contributed by atoms with E-state index in [2.05, 4.69) is 32.1 Å². The normalized spacial score (nSPS) is 35.4. The van der Waals surface area contributed by atoms with Gasteiger partial charge in [0.2, 0.25) is 0 Å². The molecule has 1 N–H and O–H groups in total. The van der Waals surface area contributed by atoms with E-state index in [1.54, 1.807) is 0 Å². The molecule has 0 aromatic carbocycles. The summed E-state index contributed by atoms with van der Waals surface area (Å²) >= 11 is 0. The van der Waals surface area contributed by atoms with E-state index in [-0.39, 0.29) is 89.3 Å². The summed E-state index contributed by atoms with van der Waals surface area (Å²) in [6, 6.07) is 0. The number of ether oxygens (including phenoxy) is 2. The van der Waals surface area contributed by atoms with Gasteiger partial charge in [0.05, 0.1) is 17.9 Å². The van der Waals surface area contributed by atoms with Gasteiger partial charge in [-0.05, 0) is 62.9 Å². The summed E-state index contributed by atoms with van der Waals surface area (Å²) in [6.07, 6.45) is 9.61. The van der Waals surface area contributed by atoms with Crippen molar-refractivity contribution in [2.75, 3.05) is 0 Å². The molecule has 5 nitrogen and oxygen atoms in total. The van der Waals surface area contributed by atoms with Crippen LogP contribution in [0.3, 0.4) is 0 Å². The van der Waals surface area contributed by atoms with Crippen molar-refractivity contribution >= 4 is 11.9 Å². The van der Waals surface area contributed by atoms with Crippen LogP contribution in [-0.4, -0.2) is 35.4 Å². The molecule has 1 heterocycles. The van der Waals surface area contributed by atoms with Crippen molar-refractivity contribution in [3.05, 3.63) is 23.8 Å². The number of carbonyl (C=O) groups is 2. The number of esters is 2. The summed E-state index contributed by atoms with van der Waals surface area (Å²) in [4.78, 5) is 24.6. The molecule has 0 spiro atoms. The molecule has 3 aliphatic rings. The molecule has 0 aromatic heterocycles. The van der Waals surface area contributed by atoms with Gasteiger partial charge in [0, 0.05) is 12.3 Å². The fourth-order valence-corrected chi connectivity index (χ4v) is 5.08. The molecule has 1 fully saturated rings. The third-order valence-corrected chi connectivity index (χ3v) is 7.35. The van der Waals surface area contributed by atoms with Gasteiger partial charge in [-0.15, -0.1) is 0 Å². The van der Waals surface area contributed by atoms with E-state index in [1.165, 1.54) is 5.57 Å². The smallest absolute Gasteiger partial charge is 1.00 e. The number of hydrogen-bond acceptors (Lipinski definition) is 5. The Morgan fingerprint density at radius 2 is 2.00 bits per heavy atom. The summed E-state index contributed by atoms with van der Waals surface area (Å²) in [7, 11) is 0. The average molecular weight is 459 g/mol. The fraction of sp³-hybridized carbons (Fsp3) is 0.760. The molecule has 1 saturated heterocycles. The Bertz CT molecular complexity index is 719. The molecule has 31 heavy (non-hydrogen) atoms. The van der Waals surface area contributed by atoms with E-state index in [1.807, 2.05) is 20.8 Å². The Kier molecular flexibility index (Phi) is 10.1. The van der Waals surface area contributed by atoms with Gasteiger partial charge in [0.15, 0.2) is 0 Å². The van der Waals surface area contributed by atoms with Gasteiger partial charge < -0.3 is 16.0 Å². The Balaban J connectivity index is 0.00000256. The minimum atomic E-state index is -0.601. The van der Waals surface area contributed by atoms with E-state index in [9.17, 15) is 14.7 Å². The third-order valence-electron chi connectivity index (χ3n) is 7.35. The van der Waals surface area contributed by atoms with Crippen LogP contribution in [0.4, 0.5) is 0 Å². The first-order valence-corrected chi connectivity index (χ1v) is 11.6. The van der Waals surface area contributed by atoms with Crippen molar-refractivity contribution in [2.24, 2.45) is 29.1 Å². The Labute approximate surface area is 231 Å². The predicted molar refractivity (Wildman–Crippen MR) is 117 cm³/mol. The maximum Gasteiger partial charge on any atom is 1.00 e. The fourth-order valence-electron chi connectivity index (χ4n) is 5.08. The van der Waals surface area contributed by atoms with Crippen LogP contribution < -0.4 is 51.4 Å².